The molecule has 0 saturated carbocycles. The molecule has 2 aromatic rings. The number of nitrogens with two attached hydrogens (primary N) is 1. The molecule has 0 aliphatic rings. The predicted molar refractivity (Wildman–Crippen MR) is 73.7 cm³/mol. The fourth-order valence-electron chi connectivity index (χ4n) is 1.78. The Bertz CT molecular complexity index is 673. The van der Waals surface area contributed by atoms with Crippen molar-refractivity contribution in [2.75, 3.05) is 0 Å². The number of amides is 2. The van der Waals surface area contributed by atoms with Crippen LogP contribution in [0.3, 0.4) is 0 Å². The number of carboxylic acids is 1. The molecule has 0 bridgehead atoms. The van der Waals surface area contributed by atoms with E-state index in [1.807, 2.05) is 0 Å². The van der Waals surface area contributed by atoms with Gasteiger partial charge in [-0.25, -0.2) is 4.79 Å². The third-order valence-corrected chi connectivity index (χ3v) is 2.88. The van der Waals surface area contributed by atoms with E-state index in [2.05, 4.69) is 5.32 Å². The Labute approximate surface area is 124 Å². The van der Waals surface area contributed by atoms with Crippen LogP contribution in [0.4, 0.5) is 0 Å². The summed E-state index contributed by atoms with van der Waals surface area (Å²) in [5.74, 6) is -1.86. The number of hydrogen-bond acceptors (Lipinski definition) is 5. The number of carbonyl (C=O) groups is 3. The van der Waals surface area contributed by atoms with Crippen molar-refractivity contribution in [2.45, 2.75) is 18.9 Å². The van der Waals surface area contributed by atoms with E-state index in [-0.39, 0.29) is 18.6 Å². The standard InChI is InChI=1S/C14H14N2O6/c15-12(17)6-3-8(14(19)20)16-13(18)11-5-4-10(22-11)9-2-1-7-21-9/h1-2,4-5,7-8H,3,6H2,(H2,15,17)(H,16,18)(H,19,20)/t8-/m0/s1. The van der Waals surface area contributed by atoms with Gasteiger partial charge in [0.05, 0.1) is 6.26 Å². The van der Waals surface area contributed by atoms with Gasteiger partial charge in [-0.15, -0.1) is 0 Å². The molecule has 0 aliphatic carbocycles. The van der Waals surface area contributed by atoms with Gasteiger partial charge in [0.1, 0.15) is 6.04 Å². The monoisotopic (exact) mass is 306 g/mol. The van der Waals surface area contributed by atoms with Crippen LogP contribution < -0.4 is 11.1 Å². The molecule has 0 spiro atoms. The van der Waals surface area contributed by atoms with E-state index in [4.69, 9.17) is 19.7 Å². The Hall–Kier alpha value is -3.03. The number of carbonyl (C=O) groups excluding carboxylic acids is 2. The van der Waals surface area contributed by atoms with E-state index in [0.29, 0.717) is 11.5 Å². The van der Waals surface area contributed by atoms with E-state index >= 15 is 0 Å². The third kappa shape index (κ3) is 3.75. The Kier molecular flexibility index (Phi) is 4.62. The zero-order valence-corrected chi connectivity index (χ0v) is 11.4. The maximum absolute atomic E-state index is 12.0. The van der Waals surface area contributed by atoms with Gasteiger partial charge in [-0.2, -0.15) is 0 Å². The minimum absolute atomic E-state index is 0.0586. The average Bonchev–Trinajstić information content (AvgIpc) is 3.11. The van der Waals surface area contributed by atoms with Crippen molar-refractivity contribution >= 4 is 17.8 Å². The first-order chi connectivity index (χ1) is 10.5. The molecular formula is C14H14N2O6. The molecule has 1 atom stereocenters. The van der Waals surface area contributed by atoms with Crippen LogP contribution in [-0.2, 0) is 9.59 Å². The summed E-state index contributed by atoms with van der Waals surface area (Å²) in [5, 5.41) is 11.3. The molecule has 2 heterocycles. The van der Waals surface area contributed by atoms with Gasteiger partial charge in [-0.3, -0.25) is 9.59 Å². The number of hydrogen-bond donors (Lipinski definition) is 3. The van der Waals surface area contributed by atoms with Gasteiger partial charge in [0, 0.05) is 6.42 Å². The molecule has 0 saturated heterocycles. The molecule has 22 heavy (non-hydrogen) atoms. The minimum Gasteiger partial charge on any atom is -0.480 e. The largest absolute Gasteiger partial charge is 0.480 e. The van der Waals surface area contributed by atoms with Crippen molar-refractivity contribution in [1.29, 1.82) is 0 Å². The highest BCUT2D eigenvalue weighted by atomic mass is 16.4. The van der Waals surface area contributed by atoms with Gasteiger partial charge in [0.15, 0.2) is 17.3 Å². The van der Waals surface area contributed by atoms with Gasteiger partial charge >= 0.3 is 5.97 Å². The summed E-state index contributed by atoms with van der Waals surface area (Å²) in [5.41, 5.74) is 4.97. The van der Waals surface area contributed by atoms with Crippen LogP contribution in [0, 0.1) is 0 Å². The number of carboxylic acid groups (broad SMARTS) is 1. The van der Waals surface area contributed by atoms with Crippen molar-refractivity contribution in [3.05, 3.63) is 36.3 Å². The molecule has 2 aromatic heterocycles. The van der Waals surface area contributed by atoms with Crippen molar-refractivity contribution in [3.8, 4) is 11.5 Å². The predicted octanol–water partition coefficient (Wildman–Crippen LogP) is 0.988. The molecule has 0 aliphatic heterocycles. The van der Waals surface area contributed by atoms with Crippen molar-refractivity contribution in [3.63, 3.8) is 0 Å². The average molecular weight is 306 g/mol. The van der Waals surface area contributed by atoms with Crippen LogP contribution in [0.25, 0.3) is 11.5 Å². The van der Waals surface area contributed by atoms with Crippen LogP contribution in [0.15, 0.2) is 39.4 Å². The van der Waals surface area contributed by atoms with Crippen LogP contribution in [0.2, 0.25) is 0 Å². The van der Waals surface area contributed by atoms with Gasteiger partial charge in [-0.1, -0.05) is 0 Å². The number of nitrogens with one attached hydrogen (secondary N) is 1. The maximum atomic E-state index is 12.0. The van der Waals surface area contributed by atoms with Gasteiger partial charge in [-0.05, 0) is 30.7 Å². The topological polar surface area (TPSA) is 136 Å². The highest BCUT2D eigenvalue weighted by Gasteiger charge is 2.23. The Balaban J connectivity index is 2.04. The summed E-state index contributed by atoms with van der Waals surface area (Å²) >= 11 is 0. The molecule has 2 rings (SSSR count). The summed E-state index contributed by atoms with van der Waals surface area (Å²) in [6.45, 7) is 0. The quantitative estimate of drug-likeness (QED) is 0.697. The van der Waals surface area contributed by atoms with Gasteiger partial charge in [0.25, 0.3) is 5.91 Å². The Morgan fingerprint density at radius 1 is 1.23 bits per heavy atom. The van der Waals surface area contributed by atoms with Gasteiger partial charge < -0.3 is 25.0 Å². The SMILES string of the molecule is NC(=O)CC[C@H](NC(=O)c1ccc(-c2ccco2)o1)C(=O)O. The van der Waals surface area contributed by atoms with E-state index in [9.17, 15) is 14.4 Å². The van der Waals surface area contributed by atoms with Crippen LogP contribution in [0.1, 0.15) is 23.4 Å². The molecule has 2 amide bonds. The molecule has 4 N–H and O–H groups in total. The second-order valence-corrected chi connectivity index (χ2v) is 4.51. The normalized spacial score (nSPS) is 11.8. The molecule has 0 radical (unpaired) electrons. The zero-order chi connectivity index (χ0) is 16.1. The van der Waals surface area contributed by atoms with Crippen LogP contribution in [0.5, 0.6) is 0 Å². The van der Waals surface area contributed by atoms with E-state index in [1.165, 1.54) is 18.4 Å². The molecule has 116 valence electrons. The fourth-order valence-corrected chi connectivity index (χ4v) is 1.78. The van der Waals surface area contributed by atoms with Crippen molar-refractivity contribution < 1.29 is 28.3 Å². The Morgan fingerprint density at radius 2 is 2.00 bits per heavy atom. The van der Waals surface area contributed by atoms with Gasteiger partial charge in [0.2, 0.25) is 5.91 Å². The third-order valence-electron chi connectivity index (χ3n) is 2.88. The lowest BCUT2D eigenvalue weighted by Gasteiger charge is -2.12. The number of rotatable bonds is 7. The second-order valence-electron chi connectivity index (χ2n) is 4.51. The maximum Gasteiger partial charge on any atom is 0.326 e. The molecule has 8 heteroatoms. The number of aliphatic carboxylic acids is 1. The molecule has 0 unspecified atom stereocenters. The first-order valence-corrected chi connectivity index (χ1v) is 6.43. The molecule has 0 aromatic carbocycles. The summed E-state index contributed by atoms with van der Waals surface area (Å²) < 4.78 is 10.4. The summed E-state index contributed by atoms with van der Waals surface area (Å²) in [6, 6.07) is 5.04. The lowest BCUT2D eigenvalue weighted by molar-refractivity contribution is -0.139. The minimum atomic E-state index is -1.26. The summed E-state index contributed by atoms with van der Waals surface area (Å²) in [6.07, 6.45) is 1.22. The highest BCUT2D eigenvalue weighted by Crippen LogP contribution is 2.22. The zero-order valence-electron chi connectivity index (χ0n) is 11.4. The summed E-state index contributed by atoms with van der Waals surface area (Å²) in [4.78, 5) is 33.7. The number of primary amides is 1. The molecule has 0 fully saturated rings. The smallest absolute Gasteiger partial charge is 0.326 e. The van der Waals surface area contributed by atoms with E-state index in [1.54, 1.807) is 12.1 Å². The fraction of sp³-hybridized carbons (Fsp3) is 0.214. The van der Waals surface area contributed by atoms with Crippen LogP contribution >= 0.6 is 0 Å². The van der Waals surface area contributed by atoms with Crippen molar-refractivity contribution in [2.24, 2.45) is 5.73 Å². The highest BCUT2D eigenvalue weighted by molar-refractivity contribution is 5.94. The number of furan rings is 2. The summed E-state index contributed by atoms with van der Waals surface area (Å²) in [7, 11) is 0. The first-order valence-electron chi connectivity index (χ1n) is 6.43. The Morgan fingerprint density at radius 3 is 2.59 bits per heavy atom. The lowest BCUT2D eigenvalue weighted by Crippen LogP contribution is -2.41. The van der Waals surface area contributed by atoms with E-state index in [0.717, 1.165) is 0 Å². The lowest BCUT2D eigenvalue weighted by atomic mass is 10.1. The first kappa shape index (κ1) is 15.4. The molecular weight excluding hydrogens is 292 g/mol. The van der Waals surface area contributed by atoms with E-state index < -0.39 is 23.8 Å². The molecule has 8 nitrogen and oxygen atoms in total. The van der Waals surface area contributed by atoms with Crippen LogP contribution in [-0.4, -0.2) is 28.9 Å². The second kappa shape index (κ2) is 6.61. The van der Waals surface area contributed by atoms with Crippen molar-refractivity contribution in [1.82, 2.24) is 5.32 Å².